The van der Waals surface area contributed by atoms with E-state index in [0.29, 0.717) is 24.1 Å². The number of carbonyl (C=O) groups excluding carboxylic acids is 1. The fraction of sp³-hybridized carbons (Fsp3) is 0.720. The molecule has 0 heterocycles. The molecule has 0 spiro atoms. The van der Waals surface area contributed by atoms with Gasteiger partial charge in [-0.25, -0.2) is 0 Å². The Hall–Kier alpha value is -0.783. The van der Waals surface area contributed by atoms with E-state index in [0.717, 1.165) is 37.0 Å². The molecular weight excluding hydrogens is 408 g/mol. The summed E-state index contributed by atoms with van der Waals surface area (Å²) in [5.74, 6) is 2.33. The second-order valence-electron chi connectivity index (χ2n) is 10.4. The van der Waals surface area contributed by atoms with Gasteiger partial charge in [0, 0.05) is 22.8 Å². The van der Waals surface area contributed by atoms with E-state index in [1.165, 1.54) is 5.57 Å². The van der Waals surface area contributed by atoms with Crippen molar-refractivity contribution in [2.24, 2.45) is 16.7 Å². The average molecular weight is 451 g/mol. The van der Waals surface area contributed by atoms with Gasteiger partial charge in [-0.3, -0.25) is 4.79 Å². The van der Waals surface area contributed by atoms with E-state index in [1.54, 1.807) is 11.8 Å². The second kappa shape index (κ2) is 9.79. The van der Waals surface area contributed by atoms with Gasteiger partial charge in [0.2, 0.25) is 8.32 Å². The van der Waals surface area contributed by atoms with Crippen LogP contribution in [0.25, 0.3) is 0 Å². The zero-order valence-electron chi connectivity index (χ0n) is 20.4. The SMILES string of the molecule is C=C[C@](C)(C[C@@H](OCSC)[C@@]1(C)C2=C(CCC2=O)CC[C@H]1C)/C(=C/C)O[Si](C)(C)C. The summed E-state index contributed by atoms with van der Waals surface area (Å²) in [6, 6.07) is 0. The zero-order valence-corrected chi connectivity index (χ0v) is 22.2. The number of rotatable bonds is 10. The molecule has 5 heteroatoms. The third-order valence-corrected chi connectivity index (χ3v) is 8.29. The molecule has 0 N–H and O–H groups in total. The van der Waals surface area contributed by atoms with Crippen molar-refractivity contribution in [3.63, 3.8) is 0 Å². The number of hydrogen-bond donors (Lipinski definition) is 0. The van der Waals surface area contributed by atoms with Gasteiger partial charge < -0.3 is 9.16 Å². The number of allylic oxidation sites excluding steroid dienone is 3. The molecule has 0 radical (unpaired) electrons. The van der Waals surface area contributed by atoms with Gasteiger partial charge in [-0.1, -0.05) is 31.6 Å². The van der Waals surface area contributed by atoms with Crippen molar-refractivity contribution in [1.82, 2.24) is 0 Å². The maximum absolute atomic E-state index is 13.0. The maximum atomic E-state index is 13.0. The number of ether oxygens (including phenoxy) is 1. The molecule has 0 aromatic heterocycles. The lowest BCUT2D eigenvalue weighted by Crippen LogP contribution is -2.47. The first-order valence-electron chi connectivity index (χ1n) is 11.3. The van der Waals surface area contributed by atoms with Crippen LogP contribution in [0.4, 0.5) is 0 Å². The van der Waals surface area contributed by atoms with Crippen molar-refractivity contribution < 1.29 is 14.0 Å². The van der Waals surface area contributed by atoms with Gasteiger partial charge in [-0.2, -0.15) is 0 Å². The summed E-state index contributed by atoms with van der Waals surface area (Å²) >= 11 is 1.69. The third kappa shape index (κ3) is 5.16. The Morgan fingerprint density at radius 3 is 2.57 bits per heavy atom. The molecule has 30 heavy (non-hydrogen) atoms. The summed E-state index contributed by atoms with van der Waals surface area (Å²) in [4.78, 5) is 13.0. The molecule has 4 atom stereocenters. The Morgan fingerprint density at radius 2 is 2.03 bits per heavy atom. The summed E-state index contributed by atoms with van der Waals surface area (Å²) in [6.45, 7) is 19.6. The largest absolute Gasteiger partial charge is 0.547 e. The molecule has 0 aromatic rings. The van der Waals surface area contributed by atoms with Gasteiger partial charge in [0.05, 0.1) is 17.8 Å². The van der Waals surface area contributed by atoms with Crippen LogP contribution >= 0.6 is 11.8 Å². The quantitative estimate of drug-likeness (QED) is 0.153. The molecule has 0 bridgehead atoms. The van der Waals surface area contributed by atoms with E-state index in [1.807, 2.05) is 13.0 Å². The summed E-state index contributed by atoms with van der Waals surface area (Å²) in [5, 5.41) is 0. The van der Waals surface area contributed by atoms with Crippen molar-refractivity contribution >= 4 is 25.9 Å². The number of hydrogen-bond acceptors (Lipinski definition) is 4. The fourth-order valence-electron chi connectivity index (χ4n) is 5.16. The van der Waals surface area contributed by atoms with Crippen molar-refractivity contribution in [3.05, 3.63) is 35.6 Å². The Labute approximate surface area is 189 Å². The highest BCUT2D eigenvalue weighted by molar-refractivity contribution is 7.98. The first kappa shape index (κ1) is 25.5. The van der Waals surface area contributed by atoms with Crippen LogP contribution in [-0.4, -0.2) is 32.4 Å². The number of thioether (sulfide) groups is 1. The topological polar surface area (TPSA) is 35.5 Å². The highest BCUT2D eigenvalue weighted by Gasteiger charge is 2.52. The lowest BCUT2D eigenvalue weighted by atomic mass is 9.59. The van der Waals surface area contributed by atoms with Crippen LogP contribution in [0.2, 0.25) is 19.6 Å². The first-order valence-corrected chi connectivity index (χ1v) is 16.1. The van der Waals surface area contributed by atoms with E-state index in [-0.39, 0.29) is 16.9 Å². The van der Waals surface area contributed by atoms with Crippen LogP contribution in [-0.2, 0) is 14.0 Å². The van der Waals surface area contributed by atoms with Crippen LogP contribution < -0.4 is 0 Å². The zero-order chi connectivity index (χ0) is 22.7. The molecule has 3 nitrogen and oxygen atoms in total. The summed E-state index contributed by atoms with van der Waals surface area (Å²) in [7, 11) is -1.77. The molecule has 2 aliphatic carbocycles. The van der Waals surface area contributed by atoms with E-state index >= 15 is 0 Å². The lowest BCUT2D eigenvalue weighted by Gasteiger charge is -2.48. The van der Waals surface area contributed by atoms with Crippen molar-refractivity contribution in [1.29, 1.82) is 0 Å². The Balaban J connectivity index is 2.49. The van der Waals surface area contributed by atoms with Gasteiger partial charge >= 0.3 is 0 Å². The predicted octanol–water partition coefficient (Wildman–Crippen LogP) is 7.13. The van der Waals surface area contributed by atoms with Gasteiger partial charge in [0.25, 0.3) is 0 Å². The molecule has 0 unspecified atom stereocenters. The van der Waals surface area contributed by atoms with E-state index in [9.17, 15) is 4.79 Å². The summed E-state index contributed by atoms with van der Waals surface area (Å²) in [6.07, 6.45) is 10.6. The Kier molecular flexibility index (Phi) is 8.31. The summed E-state index contributed by atoms with van der Waals surface area (Å²) < 4.78 is 13.0. The normalized spacial score (nSPS) is 28.2. The monoisotopic (exact) mass is 450 g/mol. The van der Waals surface area contributed by atoms with Crippen LogP contribution in [0.3, 0.4) is 0 Å². The smallest absolute Gasteiger partial charge is 0.241 e. The molecule has 0 saturated carbocycles. The van der Waals surface area contributed by atoms with Crippen molar-refractivity contribution in [2.75, 3.05) is 12.2 Å². The third-order valence-electron chi connectivity index (χ3n) is 7.08. The van der Waals surface area contributed by atoms with Gasteiger partial charge in [-0.15, -0.1) is 18.3 Å². The highest BCUT2D eigenvalue weighted by atomic mass is 32.2. The minimum absolute atomic E-state index is 0.0736. The molecular formula is C25H42O3SSi. The number of ketones is 1. The number of carbonyl (C=O) groups is 1. The average Bonchev–Trinajstić information content (AvgIpc) is 3.07. The molecule has 0 fully saturated rings. The fourth-order valence-corrected chi connectivity index (χ4v) is 6.47. The minimum atomic E-state index is -1.77. The maximum Gasteiger partial charge on any atom is 0.241 e. The highest BCUT2D eigenvalue weighted by Crippen LogP contribution is 2.55. The molecule has 2 aliphatic rings. The standard InChI is InChI=1S/C25H42O3SSi/c1-10-21(28-30(7,8)9)24(4,11-2)16-22(27-17-29-6)25(5)18(3)12-13-19-14-15-20(26)23(19)25/h10-11,18,22H,2,12-17H2,1,3-9H3/b21-10-/t18-,22-,24-,25+/m1/s1. The van der Waals surface area contributed by atoms with Gasteiger partial charge in [0.1, 0.15) is 0 Å². The number of Topliss-reactive ketones (excluding diaryl/α,β-unsaturated/α-hetero) is 1. The van der Waals surface area contributed by atoms with E-state index in [4.69, 9.17) is 9.16 Å². The van der Waals surface area contributed by atoms with Gasteiger partial charge in [0.15, 0.2) is 5.78 Å². The van der Waals surface area contributed by atoms with E-state index in [2.05, 4.69) is 59.3 Å². The lowest BCUT2D eigenvalue weighted by molar-refractivity contribution is -0.118. The van der Waals surface area contributed by atoms with Gasteiger partial charge in [-0.05, 0) is 71.3 Å². The van der Waals surface area contributed by atoms with Crippen LogP contribution in [0.1, 0.15) is 59.8 Å². The molecule has 0 aromatic carbocycles. The Morgan fingerprint density at radius 1 is 1.37 bits per heavy atom. The molecule has 0 saturated heterocycles. The first-order chi connectivity index (χ1) is 13.9. The van der Waals surface area contributed by atoms with Crippen molar-refractivity contribution in [2.45, 2.75) is 85.5 Å². The minimum Gasteiger partial charge on any atom is -0.547 e. The van der Waals surface area contributed by atoms with Crippen molar-refractivity contribution in [3.8, 4) is 0 Å². The predicted molar refractivity (Wildman–Crippen MR) is 132 cm³/mol. The molecule has 0 amide bonds. The molecule has 2 rings (SSSR count). The van der Waals surface area contributed by atoms with E-state index < -0.39 is 8.32 Å². The Bertz CT molecular complexity index is 720. The van der Waals surface area contributed by atoms with Crippen LogP contribution in [0.5, 0.6) is 0 Å². The molecule has 170 valence electrons. The summed E-state index contributed by atoms with van der Waals surface area (Å²) in [5.41, 5.74) is 1.83. The van der Waals surface area contributed by atoms with Crippen LogP contribution in [0.15, 0.2) is 35.6 Å². The second-order valence-corrected chi connectivity index (χ2v) is 15.6. The van der Waals surface area contributed by atoms with Crippen LogP contribution in [0, 0.1) is 16.7 Å². The molecule has 0 aliphatic heterocycles.